The fourth-order valence-corrected chi connectivity index (χ4v) is 6.38. The van der Waals surface area contributed by atoms with Crippen LogP contribution in [0.2, 0.25) is 0 Å². The Bertz CT molecular complexity index is 1100. The molecular formula is C28H38FN5O4. The Morgan fingerprint density at radius 1 is 1.11 bits per heavy atom. The number of carbonyl (C=O) groups excluding carboxylic acids is 3. The Hall–Kier alpha value is -2.82. The van der Waals surface area contributed by atoms with E-state index in [9.17, 15) is 19.5 Å². The number of aliphatic hydroxyl groups excluding tert-OH is 1. The molecule has 2 N–H and O–H groups in total. The normalized spacial score (nSPS) is 26.4. The molecular weight excluding hydrogens is 489 g/mol. The summed E-state index contributed by atoms with van der Waals surface area (Å²) in [6.45, 7) is 12.8. The maximum absolute atomic E-state index is 15.2. The molecule has 5 rings (SSSR count). The van der Waals surface area contributed by atoms with Crippen molar-refractivity contribution in [1.82, 2.24) is 20.0 Å². The van der Waals surface area contributed by atoms with Crippen LogP contribution in [-0.2, 0) is 9.59 Å². The molecule has 0 bridgehead atoms. The third kappa shape index (κ3) is 5.21. The predicted octanol–water partition coefficient (Wildman–Crippen LogP) is 1.88. The highest BCUT2D eigenvalue weighted by molar-refractivity contribution is 6.06. The standard InChI is InChI=1S/C28H38FN5O4/c1-3-4-18(2)32-13-11-31(12-14-32)17-19-7-9-33(10-8-19)24-16-21-20(15-22(24)29)27(37)34(28(21)38)23-5-6-25(35)30-26(23)36/h3,15-16,18-19,23,27,37H,1,4-14,17H2,2H3,(H,30,35,36). The Balaban J connectivity index is 1.19. The van der Waals surface area contributed by atoms with Gasteiger partial charge in [0.15, 0.2) is 6.23 Å². The smallest absolute Gasteiger partial charge is 0.257 e. The minimum absolute atomic E-state index is 0.0852. The zero-order valence-corrected chi connectivity index (χ0v) is 22.1. The van der Waals surface area contributed by atoms with Gasteiger partial charge in [0.1, 0.15) is 11.9 Å². The number of amides is 3. The molecule has 10 heteroatoms. The maximum Gasteiger partial charge on any atom is 0.257 e. The van der Waals surface area contributed by atoms with Crippen molar-refractivity contribution in [1.29, 1.82) is 0 Å². The average molecular weight is 528 g/mol. The molecule has 3 fully saturated rings. The van der Waals surface area contributed by atoms with Crippen LogP contribution in [0.1, 0.15) is 61.2 Å². The molecule has 1 aromatic carbocycles. The number of nitrogens with zero attached hydrogens (tertiary/aromatic N) is 4. The Morgan fingerprint density at radius 2 is 1.82 bits per heavy atom. The number of hydrogen-bond donors (Lipinski definition) is 2. The van der Waals surface area contributed by atoms with Gasteiger partial charge >= 0.3 is 0 Å². The second-order valence-corrected chi connectivity index (χ2v) is 11.1. The molecule has 0 spiro atoms. The van der Waals surface area contributed by atoms with Crippen molar-refractivity contribution in [2.24, 2.45) is 5.92 Å². The zero-order chi connectivity index (χ0) is 27.0. The summed E-state index contributed by atoms with van der Waals surface area (Å²) in [6.07, 6.45) is 3.69. The highest BCUT2D eigenvalue weighted by atomic mass is 19.1. The van der Waals surface area contributed by atoms with Crippen LogP contribution in [-0.4, -0.2) is 95.4 Å². The summed E-state index contributed by atoms with van der Waals surface area (Å²) in [6, 6.07) is 2.31. The fourth-order valence-electron chi connectivity index (χ4n) is 6.38. The summed E-state index contributed by atoms with van der Waals surface area (Å²) >= 11 is 0. The number of piperazine rings is 1. The minimum atomic E-state index is -1.42. The third-order valence-electron chi connectivity index (χ3n) is 8.68. The van der Waals surface area contributed by atoms with Gasteiger partial charge in [-0.1, -0.05) is 6.08 Å². The minimum Gasteiger partial charge on any atom is -0.369 e. The molecule has 3 amide bonds. The third-order valence-corrected chi connectivity index (χ3v) is 8.68. The summed E-state index contributed by atoms with van der Waals surface area (Å²) in [5.74, 6) is -1.46. The number of benzene rings is 1. The van der Waals surface area contributed by atoms with Gasteiger partial charge in [-0.05, 0) is 50.7 Å². The van der Waals surface area contributed by atoms with E-state index in [2.05, 4.69) is 28.6 Å². The van der Waals surface area contributed by atoms with Gasteiger partial charge in [0, 0.05) is 69.4 Å². The van der Waals surface area contributed by atoms with Gasteiger partial charge in [-0.2, -0.15) is 0 Å². The number of carbonyl (C=O) groups is 3. The lowest BCUT2D eigenvalue weighted by atomic mass is 9.95. The number of anilines is 1. The van der Waals surface area contributed by atoms with E-state index in [0.717, 1.165) is 56.9 Å². The van der Waals surface area contributed by atoms with Crippen molar-refractivity contribution in [2.75, 3.05) is 50.7 Å². The largest absolute Gasteiger partial charge is 0.369 e. The summed E-state index contributed by atoms with van der Waals surface area (Å²) in [5.41, 5.74) is 0.736. The van der Waals surface area contributed by atoms with Crippen LogP contribution >= 0.6 is 0 Å². The molecule has 1 aromatic rings. The molecule has 0 saturated carbocycles. The molecule has 9 nitrogen and oxygen atoms in total. The van der Waals surface area contributed by atoms with Crippen LogP contribution in [0, 0.1) is 11.7 Å². The van der Waals surface area contributed by atoms with Crippen LogP contribution in [0.15, 0.2) is 24.8 Å². The van der Waals surface area contributed by atoms with Crippen molar-refractivity contribution in [3.05, 3.63) is 41.7 Å². The number of halogens is 1. The molecule has 206 valence electrons. The molecule has 3 atom stereocenters. The van der Waals surface area contributed by atoms with Gasteiger partial charge in [0.2, 0.25) is 11.8 Å². The molecule has 38 heavy (non-hydrogen) atoms. The lowest BCUT2D eigenvalue weighted by Crippen LogP contribution is -2.53. The van der Waals surface area contributed by atoms with E-state index >= 15 is 4.39 Å². The van der Waals surface area contributed by atoms with E-state index in [4.69, 9.17) is 0 Å². The number of piperidine rings is 2. The van der Waals surface area contributed by atoms with Gasteiger partial charge in [-0.15, -0.1) is 6.58 Å². The van der Waals surface area contributed by atoms with Gasteiger partial charge in [-0.3, -0.25) is 29.5 Å². The predicted molar refractivity (Wildman–Crippen MR) is 141 cm³/mol. The Labute approximate surface area is 223 Å². The van der Waals surface area contributed by atoms with Gasteiger partial charge in [-0.25, -0.2) is 4.39 Å². The van der Waals surface area contributed by atoms with Crippen LogP contribution in [0.5, 0.6) is 0 Å². The molecule has 3 saturated heterocycles. The lowest BCUT2D eigenvalue weighted by molar-refractivity contribution is -0.139. The van der Waals surface area contributed by atoms with E-state index in [1.807, 2.05) is 11.0 Å². The second-order valence-electron chi connectivity index (χ2n) is 11.1. The molecule has 4 heterocycles. The second kappa shape index (κ2) is 11.1. The lowest BCUT2D eigenvalue weighted by Gasteiger charge is -2.41. The summed E-state index contributed by atoms with van der Waals surface area (Å²) in [5, 5.41) is 13.0. The topological polar surface area (TPSA) is 96.4 Å². The van der Waals surface area contributed by atoms with E-state index in [1.54, 1.807) is 0 Å². The fraction of sp³-hybridized carbons (Fsp3) is 0.607. The molecule has 4 aliphatic rings. The van der Waals surface area contributed by atoms with Crippen molar-refractivity contribution in [3.8, 4) is 0 Å². The van der Waals surface area contributed by atoms with Gasteiger partial charge < -0.3 is 14.9 Å². The van der Waals surface area contributed by atoms with E-state index < -0.39 is 35.8 Å². The van der Waals surface area contributed by atoms with Gasteiger partial charge in [0.05, 0.1) is 5.69 Å². The molecule has 0 aliphatic carbocycles. The van der Waals surface area contributed by atoms with Crippen molar-refractivity contribution >= 4 is 23.4 Å². The van der Waals surface area contributed by atoms with Crippen molar-refractivity contribution < 1.29 is 23.9 Å². The highest BCUT2D eigenvalue weighted by Crippen LogP contribution is 2.39. The quantitative estimate of drug-likeness (QED) is 0.413. The maximum atomic E-state index is 15.2. The van der Waals surface area contributed by atoms with Crippen LogP contribution < -0.4 is 10.2 Å². The monoisotopic (exact) mass is 527 g/mol. The molecule has 4 aliphatic heterocycles. The zero-order valence-electron chi connectivity index (χ0n) is 22.1. The van der Waals surface area contributed by atoms with Crippen molar-refractivity contribution in [2.45, 2.75) is 57.3 Å². The summed E-state index contributed by atoms with van der Waals surface area (Å²) in [7, 11) is 0. The first-order valence-electron chi connectivity index (χ1n) is 13.8. The van der Waals surface area contributed by atoms with Crippen LogP contribution in [0.3, 0.4) is 0 Å². The first-order valence-corrected chi connectivity index (χ1v) is 13.8. The number of rotatable bonds is 7. The first-order chi connectivity index (χ1) is 18.3. The molecule has 0 radical (unpaired) electrons. The van der Waals surface area contributed by atoms with E-state index in [-0.39, 0.29) is 24.0 Å². The molecule has 3 unspecified atom stereocenters. The van der Waals surface area contributed by atoms with Crippen LogP contribution in [0.4, 0.5) is 10.1 Å². The first kappa shape index (κ1) is 26.8. The average Bonchev–Trinajstić information content (AvgIpc) is 3.13. The van der Waals surface area contributed by atoms with E-state index in [0.29, 0.717) is 30.7 Å². The summed E-state index contributed by atoms with van der Waals surface area (Å²) < 4.78 is 15.2. The van der Waals surface area contributed by atoms with E-state index in [1.165, 1.54) is 12.1 Å². The number of nitrogens with one attached hydrogen (secondary N) is 1. The summed E-state index contributed by atoms with van der Waals surface area (Å²) in [4.78, 5) is 45.2. The number of imide groups is 1. The number of aliphatic hydroxyl groups is 1. The SMILES string of the molecule is C=CCC(C)N1CCN(CC2CCN(c3cc4c(cc3F)C(O)N(C3CCC(=O)NC3=O)C4=O)CC2)CC1. The Kier molecular flexibility index (Phi) is 7.83. The van der Waals surface area contributed by atoms with Gasteiger partial charge in [0.25, 0.3) is 5.91 Å². The van der Waals surface area contributed by atoms with Crippen LogP contribution in [0.25, 0.3) is 0 Å². The number of fused-ring (bicyclic) bond motifs is 1. The number of hydrogen-bond acceptors (Lipinski definition) is 7. The van der Waals surface area contributed by atoms with Crippen molar-refractivity contribution in [3.63, 3.8) is 0 Å². The highest BCUT2D eigenvalue weighted by Gasteiger charge is 2.45. The Morgan fingerprint density at radius 3 is 2.47 bits per heavy atom. The molecule has 0 aromatic heterocycles.